The number of benzene rings is 1. The first kappa shape index (κ1) is 14.3. The summed E-state index contributed by atoms with van der Waals surface area (Å²) in [5.41, 5.74) is 0.411. The molecule has 0 radical (unpaired) electrons. The topological polar surface area (TPSA) is 78.7 Å². The molecule has 0 aromatic heterocycles. The second-order valence-electron chi connectivity index (χ2n) is 4.79. The quantitative estimate of drug-likeness (QED) is 0.454. The molecule has 20 heavy (non-hydrogen) atoms. The zero-order valence-corrected chi connectivity index (χ0v) is 11.5. The number of ether oxygens (including phenoxy) is 2. The lowest BCUT2D eigenvalue weighted by molar-refractivity contribution is -0.385. The number of rotatable bonds is 6. The highest BCUT2D eigenvalue weighted by Gasteiger charge is 2.39. The maximum atomic E-state index is 11.9. The van der Waals surface area contributed by atoms with Crippen molar-refractivity contribution in [2.24, 2.45) is 5.92 Å². The first-order chi connectivity index (χ1) is 9.54. The molecule has 1 aromatic carbocycles. The van der Waals surface area contributed by atoms with Crippen LogP contribution >= 0.6 is 0 Å². The van der Waals surface area contributed by atoms with Crippen molar-refractivity contribution in [2.45, 2.75) is 32.8 Å². The Morgan fingerprint density at radius 2 is 2.20 bits per heavy atom. The van der Waals surface area contributed by atoms with E-state index in [-0.39, 0.29) is 11.6 Å². The Hall–Kier alpha value is -2.11. The van der Waals surface area contributed by atoms with E-state index in [1.807, 2.05) is 0 Å². The molecule has 108 valence electrons. The molecule has 0 heterocycles. The van der Waals surface area contributed by atoms with Gasteiger partial charge >= 0.3 is 5.97 Å². The molecule has 0 amide bonds. The monoisotopic (exact) mass is 279 g/mol. The van der Waals surface area contributed by atoms with Crippen LogP contribution in [0.2, 0.25) is 0 Å². The van der Waals surface area contributed by atoms with Crippen LogP contribution in [-0.4, -0.2) is 23.6 Å². The average Bonchev–Trinajstić information content (AvgIpc) is 3.21. The fraction of sp³-hybridized carbons (Fsp3) is 0.500. The molecule has 1 fully saturated rings. The third kappa shape index (κ3) is 3.07. The standard InChI is InChI=1S/C14H17NO5/c1-3-19-14(16)13(10-7-8-10)20-12-6-4-5-11(9(12)2)15(17)18/h4-6,10,13H,3,7-8H2,1-2H3. The van der Waals surface area contributed by atoms with Gasteiger partial charge in [-0.15, -0.1) is 0 Å². The van der Waals surface area contributed by atoms with E-state index in [0.717, 1.165) is 12.8 Å². The minimum absolute atomic E-state index is 0.0131. The Morgan fingerprint density at radius 1 is 1.50 bits per heavy atom. The predicted molar refractivity (Wildman–Crippen MR) is 71.6 cm³/mol. The van der Waals surface area contributed by atoms with Gasteiger partial charge < -0.3 is 9.47 Å². The highest BCUT2D eigenvalue weighted by Crippen LogP contribution is 2.37. The summed E-state index contributed by atoms with van der Waals surface area (Å²) in [6, 6.07) is 4.60. The highest BCUT2D eigenvalue weighted by molar-refractivity contribution is 5.76. The molecule has 0 bridgehead atoms. The van der Waals surface area contributed by atoms with E-state index in [4.69, 9.17) is 9.47 Å². The van der Waals surface area contributed by atoms with Crippen molar-refractivity contribution in [1.29, 1.82) is 0 Å². The van der Waals surface area contributed by atoms with Gasteiger partial charge in [0.15, 0.2) is 6.10 Å². The first-order valence-electron chi connectivity index (χ1n) is 6.62. The number of nitrogens with zero attached hydrogens (tertiary/aromatic N) is 1. The minimum Gasteiger partial charge on any atom is -0.478 e. The van der Waals surface area contributed by atoms with E-state index in [1.165, 1.54) is 6.07 Å². The third-order valence-electron chi connectivity index (χ3n) is 3.28. The van der Waals surface area contributed by atoms with E-state index < -0.39 is 17.0 Å². The van der Waals surface area contributed by atoms with Crippen LogP contribution in [-0.2, 0) is 9.53 Å². The van der Waals surface area contributed by atoms with Crippen molar-refractivity contribution >= 4 is 11.7 Å². The summed E-state index contributed by atoms with van der Waals surface area (Å²) in [6.45, 7) is 3.64. The summed E-state index contributed by atoms with van der Waals surface area (Å²) in [6.07, 6.45) is 1.16. The van der Waals surface area contributed by atoms with Crippen molar-refractivity contribution in [1.82, 2.24) is 0 Å². The number of esters is 1. The van der Waals surface area contributed by atoms with Gasteiger partial charge in [0.25, 0.3) is 5.69 Å². The van der Waals surface area contributed by atoms with Crippen LogP contribution in [0.5, 0.6) is 5.75 Å². The Morgan fingerprint density at radius 3 is 2.75 bits per heavy atom. The first-order valence-corrected chi connectivity index (χ1v) is 6.62. The van der Waals surface area contributed by atoms with Crippen molar-refractivity contribution in [3.8, 4) is 5.75 Å². The van der Waals surface area contributed by atoms with Crippen molar-refractivity contribution in [2.75, 3.05) is 6.61 Å². The molecule has 1 aromatic rings. The molecule has 0 N–H and O–H groups in total. The number of carbonyl (C=O) groups is 1. The van der Waals surface area contributed by atoms with Gasteiger partial charge in [-0.1, -0.05) is 6.07 Å². The second-order valence-corrected chi connectivity index (χ2v) is 4.79. The lowest BCUT2D eigenvalue weighted by atomic mass is 10.1. The van der Waals surface area contributed by atoms with Crippen LogP contribution in [0, 0.1) is 23.0 Å². The molecule has 0 spiro atoms. The van der Waals surface area contributed by atoms with E-state index in [9.17, 15) is 14.9 Å². The molecule has 1 aliphatic rings. The van der Waals surface area contributed by atoms with Crippen molar-refractivity contribution in [3.05, 3.63) is 33.9 Å². The van der Waals surface area contributed by atoms with Crippen LogP contribution in [0.3, 0.4) is 0 Å². The molecule has 6 nitrogen and oxygen atoms in total. The molecule has 1 saturated carbocycles. The van der Waals surface area contributed by atoms with Crippen LogP contribution in [0.4, 0.5) is 5.69 Å². The number of hydrogen-bond acceptors (Lipinski definition) is 5. The SMILES string of the molecule is CCOC(=O)C(Oc1cccc([N+](=O)[O-])c1C)C1CC1. The fourth-order valence-electron chi connectivity index (χ4n) is 2.03. The van der Waals surface area contributed by atoms with Crippen molar-refractivity contribution < 1.29 is 19.2 Å². The normalized spacial score (nSPS) is 15.5. The molecule has 0 aliphatic heterocycles. The minimum atomic E-state index is -0.671. The average molecular weight is 279 g/mol. The van der Waals surface area contributed by atoms with E-state index in [2.05, 4.69) is 0 Å². The van der Waals surface area contributed by atoms with Gasteiger partial charge in [0.05, 0.1) is 17.1 Å². The van der Waals surface area contributed by atoms with Crippen LogP contribution in [0.15, 0.2) is 18.2 Å². The zero-order valence-electron chi connectivity index (χ0n) is 11.5. The maximum absolute atomic E-state index is 11.9. The van der Waals surface area contributed by atoms with Crippen LogP contribution in [0.1, 0.15) is 25.3 Å². The zero-order chi connectivity index (χ0) is 14.7. The van der Waals surface area contributed by atoms with E-state index in [1.54, 1.807) is 26.0 Å². The van der Waals surface area contributed by atoms with Gasteiger partial charge in [-0.05, 0) is 32.8 Å². The Bertz CT molecular complexity index is 524. The Kier molecular flexibility index (Phi) is 4.22. The van der Waals surface area contributed by atoms with Crippen LogP contribution < -0.4 is 4.74 Å². The van der Waals surface area contributed by atoms with Gasteiger partial charge in [-0.2, -0.15) is 0 Å². The molecule has 1 unspecified atom stereocenters. The second kappa shape index (κ2) is 5.90. The molecular weight excluding hydrogens is 262 g/mol. The molecule has 1 atom stereocenters. The number of carbonyl (C=O) groups excluding carboxylic acids is 1. The van der Waals surface area contributed by atoms with Gasteiger partial charge in [0, 0.05) is 12.0 Å². The molecule has 2 rings (SSSR count). The van der Waals surface area contributed by atoms with Gasteiger partial charge in [0.1, 0.15) is 5.75 Å². The van der Waals surface area contributed by atoms with E-state index >= 15 is 0 Å². The smallest absolute Gasteiger partial charge is 0.347 e. The maximum Gasteiger partial charge on any atom is 0.347 e. The number of hydrogen-bond donors (Lipinski definition) is 0. The summed E-state index contributed by atoms with van der Waals surface area (Å²) < 4.78 is 10.7. The predicted octanol–water partition coefficient (Wildman–Crippen LogP) is 2.62. The summed E-state index contributed by atoms with van der Waals surface area (Å²) in [5, 5.41) is 10.9. The van der Waals surface area contributed by atoms with Gasteiger partial charge in [-0.25, -0.2) is 4.79 Å². The summed E-state index contributed by atoms with van der Waals surface area (Å²) >= 11 is 0. The van der Waals surface area contributed by atoms with Gasteiger partial charge in [0.2, 0.25) is 0 Å². The van der Waals surface area contributed by atoms with E-state index in [0.29, 0.717) is 17.9 Å². The Balaban J connectivity index is 2.20. The summed E-state index contributed by atoms with van der Waals surface area (Å²) in [7, 11) is 0. The van der Waals surface area contributed by atoms with Gasteiger partial charge in [-0.3, -0.25) is 10.1 Å². The summed E-state index contributed by atoms with van der Waals surface area (Å²) in [4.78, 5) is 22.3. The number of nitro benzene ring substituents is 1. The molecule has 6 heteroatoms. The number of nitro groups is 1. The molecule has 0 saturated heterocycles. The van der Waals surface area contributed by atoms with Crippen molar-refractivity contribution in [3.63, 3.8) is 0 Å². The van der Waals surface area contributed by atoms with Crippen LogP contribution in [0.25, 0.3) is 0 Å². The lowest BCUT2D eigenvalue weighted by Gasteiger charge is -2.18. The largest absolute Gasteiger partial charge is 0.478 e. The summed E-state index contributed by atoms with van der Waals surface area (Å²) in [5.74, 6) is 0.109. The third-order valence-corrected chi connectivity index (χ3v) is 3.28. The Labute approximate surface area is 116 Å². The molecule has 1 aliphatic carbocycles. The fourth-order valence-corrected chi connectivity index (χ4v) is 2.03. The lowest BCUT2D eigenvalue weighted by Crippen LogP contribution is -2.31. The molecular formula is C14H17NO5. The highest BCUT2D eigenvalue weighted by atomic mass is 16.6.